The van der Waals surface area contributed by atoms with Gasteiger partial charge in [0.1, 0.15) is 0 Å². The van der Waals surface area contributed by atoms with Crippen LogP contribution in [0.3, 0.4) is 0 Å². The highest BCUT2D eigenvalue weighted by atomic mass is 35.5. The summed E-state index contributed by atoms with van der Waals surface area (Å²) in [7, 11) is -3.23. The van der Waals surface area contributed by atoms with Crippen LogP contribution in [0.4, 0.5) is 5.69 Å². The molecule has 0 amide bonds. The van der Waals surface area contributed by atoms with Gasteiger partial charge >= 0.3 is 0 Å². The van der Waals surface area contributed by atoms with E-state index in [2.05, 4.69) is 24.4 Å². The summed E-state index contributed by atoms with van der Waals surface area (Å²) in [6, 6.07) is 14.8. The lowest BCUT2D eigenvalue weighted by atomic mass is 10.0. The zero-order chi connectivity index (χ0) is 15.5. The van der Waals surface area contributed by atoms with Gasteiger partial charge < -0.3 is 5.32 Å². The van der Waals surface area contributed by atoms with Crippen LogP contribution in [-0.2, 0) is 9.84 Å². The van der Waals surface area contributed by atoms with E-state index in [1.54, 1.807) is 12.1 Å². The first-order valence-corrected chi connectivity index (χ1v) is 8.93. The Hall–Kier alpha value is -1.52. The van der Waals surface area contributed by atoms with E-state index in [1.165, 1.54) is 17.9 Å². The van der Waals surface area contributed by atoms with Crippen molar-refractivity contribution in [3.63, 3.8) is 0 Å². The van der Waals surface area contributed by atoms with E-state index in [4.69, 9.17) is 11.6 Å². The Morgan fingerprint density at radius 2 is 1.81 bits per heavy atom. The SMILES string of the molecule is CC(CNc1cc(S(C)(=O)=O)ccc1Cl)c1ccccc1. The standard InChI is InChI=1S/C16H18ClNO2S/c1-12(13-6-4-3-5-7-13)11-18-16-10-14(21(2,19)20)8-9-15(16)17/h3-10,12,18H,11H2,1-2H3. The highest BCUT2D eigenvalue weighted by Gasteiger charge is 2.11. The van der Waals surface area contributed by atoms with Crippen LogP contribution >= 0.6 is 11.6 Å². The summed E-state index contributed by atoms with van der Waals surface area (Å²) in [5.41, 5.74) is 1.86. The van der Waals surface area contributed by atoms with Gasteiger partial charge in [0.25, 0.3) is 0 Å². The fourth-order valence-electron chi connectivity index (χ4n) is 2.03. The predicted molar refractivity (Wildman–Crippen MR) is 87.9 cm³/mol. The first-order chi connectivity index (χ1) is 9.88. The van der Waals surface area contributed by atoms with E-state index in [0.29, 0.717) is 23.2 Å². The minimum atomic E-state index is -3.23. The summed E-state index contributed by atoms with van der Waals surface area (Å²) < 4.78 is 23.2. The van der Waals surface area contributed by atoms with Crippen molar-refractivity contribution in [3.8, 4) is 0 Å². The quantitative estimate of drug-likeness (QED) is 0.906. The molecule has 1 atom stereocenters. The molecule has 0 radical (unpaired) electrons. The van der Waals surface area contributed by atoms with Gasteiger partial charge in [-0.3, -0.25) is 0 Å². The average molecular weight is 324 g/mol. The molecule has 1 unspecified atom stereocenters. The Balaban J connectivity index is 2.13. The molecule has 0 aromatic heterocycles. The molecule has 2 aromatic carbocycles. The second-order valence-electron chi connectivity index (χ2n) is 5.11. The number of rotatable bonds is 5. The minimum absolute atomic E-state index is 0.266. The van der Waals surface area contributed by atoms with E-state index in [1.807, 2.05) is 18.2 Å². The number of hydrogen-bond acceptors (Lipinski definition) is 3. The Bertz CT molecular complexity index is 714. The fourth-order valence-corrected chi connectivity index (χ4v) is 2.86. The smallest absolute Gasteiger partial charge is 0.175 e. The summed E-state index contributed by atoms with van der Waals surface area (Å²) >= 11 is 6.12. The molecule has 0 fully saturated rings. The number of sulfone groups is 1. The molecule has 0 spiro atoms. The van der Waals surface area contributed by atoms with Crippen LogP contribution in [0, 0.1) is 0 Å². The topological polar surface area (TPSA) is 46.2 Å². The van der Waals surface area contributed by atoms with Gasteiger partial charge in [-0.05, 0) is 29.7 Å². The maximum absolute atomic E-state index is 11.6. The maximum Gasteiger partial charge on any atom is 0.175 e. The first kappa shape index (κ1) is 15.9. The molecule has 112 valence electrons. The van der Waals surface area contributed by atoms with Crippen LogP contribution in [0.5, 0.6) is 0 Å². The van der Waals surface area contributed by atoms with Crippen LogP contribution in [-0.4, -0.2) is 21.2 Å². The third-order valence-corrected chi connectivity index (χ3v) is 4.77. The van der Waals surface area contributed by atoms with Crippen molar-refractivity contribution in [2.45, 2.75) is 17.7 Å². The van der Waals surface area contributed by atoms with Crippen molar-refractivity contribution >= 4 is 27.1 Å². The van der Waals surface area contributed by atoms with Gasteiger partial charge in [-0.1, -0.05) is 48.9 Å². The minimum Gasteiger partial charge on any atom is -0.383 e. The van der Waals surface area contributed by atoms with Crippen molar-refractivity contribution in [1.29, 1.82) is 0 Å². The number of anilines is 1. The zero-order valence-electron chi connectivity index (χ0n) is 12.0. The van der Waals surface area contributed by atoms with E-state index < -0.39 is 9.84 Å². The van der Waals surface area contributed by atoms with Crippen molar-refractivity contribution in [2.75, 3.05) is 18.1 Å². The van der Waals surface area contributed by atoms with E-state index in [0.717, 1.165) is 0 Å². The van der Waals surface area contributed by atoms with Gasteiger partial charge in [-0.2, -0.15) is 0 Å². The van der Waals surface area contributed by atoms with Gasteiger partial charge in [0.2, 0.25) is 0 Å². The Kier molecular flexibility index (Phi) is 4.91. The van der Waals surface area contributed by atoms with E-state index in [9.17, 15) is 8.42 Å². The monoisotopic (exact) mass is 323 g/mol. The number of halogens is 1. The third-order valence-electron chi connectivity index (χ3n) is 3.33. The highest BCUT2D eigenvalue weighted by molar-refractivity contribution is 7.90. The molecule has 0 aliphatic carbocycles. The lowest BCUT2D eigenvalue weighted by Crippen LogP contribution is -2.10. The summed E-state index contributed by atoms with van der Waals surface area (Å²) in [6.07, 6.45) is 1.19. The molecule has 0 heterocycles. The molecule has 2 aromatic rings. The number of nitrogens with one attached hydrogen (secondary N) is 1. The van der Waals surface area contributed by atoms with Gasteiger partial charge in [0.05, 0.1) is 15.6 Å². The third kappa shape index (κ3) is 4.22. The number of hydrogen-bond donors (Lipinski definition) is 1. The zero-order valence-corrected chi connectivity index (χ0v) is 13.6. The first-order valence-electron chi connectivity index (χ1n) is 6.66. The number of benzene rings is 2. The summed E-state index contributed by atoms with van der Waals surface area (Å²) in [4.78, 5) is 0.266. The molecule has 0 aliphatic rings. The summed E-state index contributed by atoms with van der Waals surface area (Å²) in [5.74, 6) is 0.296. The molecule has 0 bridgehead atoms. The maximum atomic E-state index is 11.6. The molecule has 2 rings (SSSR count). The van der Waals surface area contributed by atoms with Crippen LogP contribution in [0.1, 0.15) is 18.4 Å². The Labute approximate surface area is 130 Å². The normalized spacial score (nSPS) is 12.9. The van der Waals surface area contributed by atoms with Crippen molar-refractivity contribution in [3.05, 3.63) is 59.1 Å². The van der Waals surface area contributed by atoms with Crippen LogP contribution in [0.25, 0.3) is 0 Å². The molecule has 1 N–H and O–H groups in total. The second-order valence-corrected chi connectivity index (χ2v) is 7.53. The van der Waals surface area contributed by atoms with Gasteiger partial charge in [0.15, 0.2) is 9.84 Å². The molecule has 5 heteroatoms. The molecule has 0 aliphatic heterocycles. The predicted octanol–water partition coefficient (Wildman–Crippen LogP) is 3.96. The van der Waals surface area contributed by atoms with E-state index in [-0.39, 0.29) is 4.90 Å². The van der Waals surface area contributed by atoms with Gasteiger partial charge in [0, 0.05) is 12.8 Å². The van der Waals surface area contributed by atoms with Crippen molar-refractivity contribution < 1.29 is 8.42 Å². The Morgan fingerprint density at radius 3 is 2.43 bits per heavy atom. The molecule has 0 saturated heterocycles. The summed E-state index contributed by atoms with van der Waals surface area (Å²) in [5, 5.41) is 3.74. The van der Waals surface area contributed by atoms with Crippen molar-refractivity contribution in [1.82, 2.24) is 0 Å². The van der Waals surface area contributed by atoms with Crippen LogP contribution in [0.15, 0.2) is 53.4 Å². The molecule has 21 heavy (non-hydrogen) atoms. The molecule has 0 saturated carbocycles. The van der Waals surface area contributed by atoms with Crippen LogP contribution < -0.4 is 5.32 Å². The lowest BCUT2D eigenvalue weighted by Gasteiger charge is -2.15. The fraction of sp³-hybridized carbons (Fsp3) is 0.250. The summed E-state index contributed by atoms with van der Waals surface area (Å²) in [6.45, 7) is 2.79. The van der Waals surface area contributed by atoms with Gasteiger partial charge in [-0.15, -0.1) is 0 Å². The second kappa shape index (κ2) is 6.50. The molecule has 3 nitrogen and oxygen atoms in total. The van der Waals surface area contributed by atoms with Gasteiger partial charge in [-0.25, -0.2) is 8.42 Å². The lowest BCUT2D eigenvalue weighted by molar-refractivity contribution is 0.602. The van der Waals surface area contributed by atoms with E-state index >= 15 is 0 Å². The molecular formula is C16H18ClNO2S. The largest absolute Gasteiger partial charge is 0.383 e. The molecular weight excluding hydrogens is 306 g/mol. The van der Waals surface area contributed by atoms with Crippen molar-refractivity contribution in [2.24, 2.45) is 0 Å². The Morgan fingerprint density at radius 1 is 1.14 bits per heavy atom. The average Bonchev–Trinajstić information content (AvgIpc) is 2.45. The highest BCUT2D eigenvalue weighted by Crippen LogP contribution is 2.26. The van der Waals surface area contributed by atoms with Crippen LogP contribution in [0.2, 0.25) is 5.02 Å².